The Balaban J connectivity index is 1.14. The van der Waals surface area contributed by atoms with Crippen molar-refractivity contribution in [3.05, 3.63) is 157 Å². The third-order valence-electron chi connectivity index (χ3n) is 8.46. The predicted octanol–water partition coefficient (Wildman–Crippen LogP) is 10.0. The molecule has 0 bridgehead atoms. The minimum Gasteiger partial charge on any atom is -0.309 e. The average Bonchev–Trinajstić information content (AvgIpc) is 3.54. The van der Waals surface area contributed by atoms with Gasteiger partial charge in [-0.15, -0.1) is 0 Å². The van der Waals surface area contributed by atoms with Crippen LogP contribution in [0.3, 0.4) is 0 Å². The van der Waals surface area contributed by atoms with Crippen LogP contribution in [0.2, 0.25) is 0 Å². The summed E-state index contributed by atoms with van der Waals surface area (Å²) in [4.78, 5) is 0. The van der Waals surface area contributed by atoms with Crippen molar-refractivity contribution in [2.24, 2.45) is 0 Å². The molecule has 0 saturated carbocycles. The van der Waals surface area contributed by atoms with Gasteiger partial charge in [0.15, 0.2) is 0 Å². The van der Waals surface area contributed by atoms with Crippen molar-refractivity contribution in [2.75, 3.05) is 0 Å². The molecule has 0 radical (unpaired) electrons. The summed E-state index contributed by atoms with van der Waals surface area (Å²) in [5.74, 6) is 0.291. The molecule has 8 aromatic rings. The maximum Gasteiger partial charge on any atom is 0.0541 e. The Kier molecular flexibility index (Phi) is 5.14. The molecule has 0 aliphatic rings. The van der Waals surface area contributed by atoms with Crippen molar-refractivity contribution in [1.82, 2.24) is 9.13 Å². The maximum atomic E-state index is 2.37. The van der Waals surface area contributed by atoms with Gasteiger partial charge in [-0.2, -0.15) is 0 Å². The van der Waals surface area contributed by atoms with Crippen molar-refractivity contribution in [3.8, 4) is 11.4 Å². The van der Waals surface area contributed by atoms with Crippen LogP contribution in [0.15, 0.2) is 146 Å². The highest BCUT2D eigenvalue weighted by Crippen LogP contribution is 2.34. The normalized spacial score (nSPS) is 11.8. The smallest absolute Gasteiger partial charge is 0.0541 e. The summed E-state index contributed by atoms with van der Waals surface area (Å²) in [5.41, 5.74) is 9.97. The lowest BCUT2D eigenvalue weighted by atomic mass is 9.93. The number of rotatable bonds is 4. The summed E-state index contributed by atoms with van der Waals surface area (Å²) < 4.78 is 4.75. The SMILES string of the molecule is CC(c1ccc(-n2c3ccccc3c3ccccc32)cc1)c1ccc(-n2c3ccccc3c3ccccc32)cc1. The molecule has 2 heterocycles. The number of aromatic nitrogens is 2. The van der Waals surface area contributed by atoms with Gasteiger partial charge in [0.25, 0.3) is 0 Å². The zero-order valence-corrected chi connectivity index (χ0v) is 22.3. The molecule has 40 heavy (non-hydrogen) atoms. The largest absolute Gasteiger partial charge is 0.309 e. The van der Waals surface area contributed by atoms with Crippen LogP contribution < -0.4 is 0 Å². The van der Waals surface area contributed by atoms with E-state index in [2.05, 4.69) is 162 Å². The third-order valence-corrected chi connectivity index (χ3v) is 8.46. The first kappa shape index (κ1) is 22.9. The van der Waals surface area contributed by atoms with E-state index >= 15 is 0 Å². The maximum absolute atomic E-state index is 2.37. The van der Waals surface area contributed by atoms with Gasteiger partial charge < -0.3 is 9.13 Å². The molecule has 6 aromatic carbocycles. The van der Waals surface area contributed by atoms with E-state index in [0.717, 1.165) is 0 Å². The van der Waals surface area contributed by atoms with Gasteiger partial charge in [-0.3, -0.25) is 0 Å². The van der Waals surface area contributed by atoms with Crippen molar-refractivity contribution in [2.45, 2.75) is 12.8 Å². The summed E-state index contributed by atoms with van der Waals surface area (Å²) in [6.07, 6.45) is 0. The molecule has 0 N–H and O–H groups in total. The van der Waals surface area contributed by atoms with Gasteiger partial charge in [-0.05, 0) is 59.7 Å². The molecule has 0 fully saturated rings. The molecule has 0 unspecified atom stereocenters. The van der Waals surface area contributed by atoms with E-state index in [1.165, 1.54) is 66.1 Å². The molecular weight excluding hydrogens is 484 g/mol. The molecule has 0 spiro atoms. The Morgan fingerprint density at radius 3 is 0.925 bits per heavy atom. The second kappa shape index (κ2) is 9.00. The van der Waals surface area contributed by atoms with Gasteiger partial charge in [0, 0.05) is 38.8 Å². The number of nitrogens with zero attached hydrogens (tertiary/aromatic N) is 2. The van der Waals surface area contributed by atoms with E-state index in [1.807, 2.05) is 0 Å². The van der Waals surface area contributed by atoms with E-state index in [1.54, 1.807) is 0 Å². The Morgan fingerprint density at radius 1 is 0.350 bits per heavy atom. The number of benzene rings is 6. The quantitative estimate of drug-likeness (QED) is 0.222. The van der Waals surface area contributed by atoms with Crippen molar-refractivity contribution in [3.63, 3.8) is 0 Å². The fourth-order valence-corrected chi connectivity index (χ4v) is 6.42. The van der Waals surface area contributed by atoms with Crippen LogP contribution in [0.5, 0.6) is 0 Å². The van der Waals surface area contributed by atoms with Gasteiger partial charge in [-0.1, -0.05) is 104 Å². The van der Waals surface area contributed by atoms with Gasteiger partial charge in [0.1, 0.15) is 0 Å². The first-order valence-corrected chi connectivity index (χ1v) is 13.9. The zero-order valence-electron chi connectivity index (χ0n) is 22.3. The molecule has 0 saturated heterocycles. The first-order valence-electron chi connectivity index (χ1n) is 13.9. The van der Waals surface area contributed by atoms with Crippen molar-refractivity contribution < 1.29 is 0 Å². The van der Waals surface area contributed by atoms with Gasteiger partial charge in [0.2, 0.25) is 0 Å². The van der Waals surface area contributed by atoms with E-state index in [-0.39, 0.29) is 0 Å². The molecule has 0 aliphatic carbocycles. The lowest BCUT2D eigenvalue weighted by Gasteiger charge is -2.16. The fourth-order valence-electron chi connectivity index (χ4n) is 6.42. The zero-order chi connectivity index (χ0) is 26.6. The molecule has 2 heteroatoms. The summed E-state index contributed by atoms with van der Waals surface area (Å²) in [6, 6.07) is 52.9. The monoisotopic (exact) mass is 512 g/mol. The second-order valence-electron chi connectivity index (χ2n) is 10.6. The standard InChI is InChI=1S/C38H28N2/c1-26(27-18-22-29(23-19-27)39-35-14-6-2-10-31(35)32-11-3-7-15-36(32)39)28-20-24-30(25-21-28)40-37-16-8-4-12-33(37)34-13-5-9-17-38(34)40/h2-26H,1H3. The molecule has 2 aromatic heterocycles. The first-order chi connectivity index (χ1) is 19.8. The van der Waals surface area contributed by atoms with Crippen LogP contribution in [-0.2, 0) is 0 Å². The molecule has 0 amide bonds. The molecule has 2 nitrogen and oxygen atoms in total. The minimum atomic E-state index is 0.291. The highest BCUT2D eigenvalue weighted by molar-refractivity contribution is 6.10. The van der Waals surface area contributed by atoms with Crippen LogP contribution in [0.1, 0.15) is 24.0 Å². The number of hydrogen-bond acceptors (Lipinski definition) is 0. The predicted molar refractivity (Wildman–Crippen MR) is 169 cm³/mol. The third kappa shape index (κ3) is 3.43. The average molecular weight is 513 g/mol. The van der Waals surface area contributed by atoms with E-state index in [9.17, 15) is 0 Å². The lowest BCUT2D eigenvalue weighted by Crippen LogP contribution is -1.99. The topological polar surface area (TPSA) is 9.86 Å². The summed E-state index contributed by atoms with van der Waals surface area (Å²) >= 11 is 0. The van der Waals surface area contributed by atoms with Gasteiger partial charge in [0.05, 0.1) is 22.1 Å². The van der Waals surface area contributed by atoms with Crippen LogP contribution >= 0.6 is 0 Å². The summed E-state index contributed by atoms with van der Waals surface area (Å²) in [6.45, 7) is 2.30. The van der Waals surface area contributed by atoms with Crippen LogP contribution in [0.25, 0.3) is 55.0 Å². The Bertz CT molecular complexity index is 1900. The minimum absolute atomic E-state index is 0.291. The highest BCUT2D eigenvalue weighted by atomic mass is 15.0. The van der Waals surface area contributed by atoms with E-state index < -0.39 is 0 Å². The molecular formula is C38H28N2. The fraction of sp³-hybridized carbons (Fsp3) is 0.0526. The molecule has 0 aliphatic heterocycles. The van der Waals surface area contributed by atoms with Gasteiger partial charge in [-0.25, -0.2) is 0 Å². The number of fused-ring (bicyclic) bond motifs is 6. The Hall–Kier alpha value is -5.08. The van der Waals surface area contributed by atoms with E-state index in [4.69, 9.17) is 0 Å². The summed E-state index contributed by atoms with van der Waals surface area (Å²) in [5, 5.41) is 5.16. The van der Waals surface area contributed by atoms with Gasteiger partial charge >= 0.3 is 0 Å². The number of para-hydroxylation sites is 4. The molecule has 8 rings (SSSR count). The van der Waals surface area contributed by atoms with Crippen LogP contribution in [0.4, 0.5) is 0 Å². The molecule has 190 valence electrons. The van der Waals surface area contributed by atoms with Crippen LogP contribution in [0, 0.1) is 0 Å². The Morgan fingerprint density at radius 2 is 0.625 bits per heavy atom. The molecule has 0 atom stereocenters. The van der Waals surface area contributed by atoms with Crippen LogP contribution in [-0.4, -0.2) is 9.13 Å². The van der Waals surface area contributed by atoms with E-state index in [0.29, 0.717) is 5.92 Å². The van der Waals surface area contributed by atoms with Crippen molar-refractivity contribution >= 4 is 43.6 Å². The highest BCUT2D eigenvalue weighted by Gasteiger charge is 2.15. The number of hydrogen-bond donors (Lipinski definition) is 0. The lowest BCUT2D eigenvalue weighted by molar-refractivity contribution is 0.919. The Labute approximate surface area is 233 Å². The van der Waals surface area contributed by atoms with Crippen molar-refractivity contribution in [1.29, 1.82) is 0 Å². The summed E-state index contributed by atoms with van der Waals surface area (Å²) in [7, 11) is 0. The second-order valence-corrected chi connectivity index (χ2v) is 10.6.